The fraction of sp³-hybridized carbons (Fsp3) is 0.0769. The summed E-state index contributed by atoms with van der Waals surface area (Å²) in [6.07, 6.45) is 1.54. The molecule has 92 valence electrons. The van der Waals surface area contributed by atoms with Crippen LogP contribution < -0.4 is 10.5 Å². The van der Waals surface area contributed by atoms with Gasteiger partial charge in [0.25, 0.3) is 0 Å². The molecular weight excluding hydrogens is 230 g/mol. The molecule has 5 nitrogen and oxygen atoms in total. The van der Waals surface area contributed by atoms with E-state index in [1.165, 1.54) is 0 Å². The van der Waals surface area contributed by atoms with Crippen LogP contribution in [0, 0.1) is 6.92 Å². The van der Waals surface area contributed by atoms with Crippen molar-refractivity contribution in [3.05, 3.63) is 53.7 Å². The zero-order chi connectivity index (χ0) is 13.0. The fourth-order valence-corrected chi connectivity index (χ4v) is 1.47. The van der Waals surface area contributed by atoms with Gasteiger partial charge in [0.05, 0.1) is 0 Å². The Labute approximate surface area is 105 Å². The van der Waals surface area contributed by atoms with Crippen molar-refractivity contribution in [3.8, 4) is 11.6 Å². The second-order valence-corrected chi connectivity index (χ2v) is 3.74. The summed E-state index contributed by atoms with van der Waals surface area (Å²) in [5, 5.41) is 11.6. The standard InChI is InChI=1S/C13H13N3O2/c1-9-4-2-3-5-11(9)18-12-8-10(6-7-15-12)13(14)16-17/h2-8,17H,1H3,(H2,14,16). The predicted molar refractivity (Wildman–Crippen MR) is 68.0 cm³/mol. The Bertz CT molecular complexity index is 582. The van der Waals surface area contributed by atoms with E-state index in [9.17, 15) is 0 Å². The van der Waals surface area contributed by atoms with E-state index < -0.39 is 0 Å². The van der Waals surface area contributed by atoms with Crippen LogP contribution in [0.4, 0.5) is 0 Å². The lowest BCUT2D eigenvalue weighted by molar-refractivity contribution is 0.318. The quantitative estimate of drug-likeness (QED) is 0.375. The number of nitrogens with two attached hydrogens (primary N) is 1. The van der Waals surface area contributed by atoms with Gasteiger partial charge in [0.15, 0.2) is 5.84 Å². The van der Waals surface area contributed by atoms with Gasteiger partial charge in [-0.2, -0.15) is 0 Å². The maximum absolute atomic E-state index is 8.61. The minimum Gasteiger partial charge on any atom is -0.439 e. The smallest absolute Gasteiger partial charge is 0.219 e. The van der Waals surface area contributed by atoms with Gasteiger partial charge in [0.1, 0.15) is 5.75 Å². The molecule has 2 rings (SSSR count). The summed E-state index contributed by atoms with van der Waals surface area (Å²) in [5.41, 5.74) is 7.06. The van der Waals surface area contributed by atoms with E-state index >= 15 is 0 Å². The molecule has 3 N–H and O–H groups in total. The lowest BCUT2D eigenvalue weighted by Gasteiger charge is -2.08. The highest BCUT2D eigenvalue weighted by atomic mass is 16.5. The van der Waals surface area contributed by atoms with Crippen molar-refractivity contribution >= 4 is 5.84 Å². The molecule has 2 aromatic rings. The van der Waals surface area contributed by atoms with E-state index in [0.717, 1.165) is 11.3 Å². The zero-order valence-electron chi connectivity index (χ0n) is 9.87. The normalized spacial score (nSPS) is 11.3. The summed E-state index contributed by atoms with van der Waals surface area (Å²) >= 11 is 0. The molecule has 0 aliphatic rings. The molecule has 0 unspecified atom stereocenters. The molecule has 0 aliphatic heterocycles. The van der Waals surface area contributed by atoms with Crippen LogP contribution in [0.15, 0.2) is 47.8 Å². The van der Waals surface area contributed by atoms with Crippen molar-refractivity contribution in [2.75, 3.05) is 0 Å². The van der Waals surface area contributed by atoms with E-state index in [-0.39, 0.29) is 5.84 Å². The van der Waals surface area contributed by atoms with Gasteiger partial charge >= 0.3 is 0 Å². The third kappa shape index (κ3) is 2.57. The first kappa shape index (κ1) is 11.9. The molecular formula is C13H13N3O2. The Kier molecular flexibility index (Phi) is 3.43. The minimum absolute atomic E-state index is 0.0204. The van der Waals surface area contributed by atoms with Gasteiger partial charge in [-0.1, -0.05) is 23.4 Å². The van der Waals surface area contributed by atoms with Crippen molar-refractivity contribution in [2.45, 2.75) is 6.92 Å². The number of hydrogen-bond donors (Lipinski definition) is 2. The number of nitrogens with zero attached hydrogens (tertiary/aromatic N) is 2. The van der Waals surface area contributed by atoms with E-state index in [1.807, 2.05) is 31.2 Å². The number of aromatic nitrogens is 1. The fourth-order valence-electron chi connectivity index (χ4n) is 1.47. The van der Waals surface area contributed by atoms with Gasteiger partial charge in [0.2, 0.25) is 5.88 Å². The van der Waals surface area contributed by atoms with Gasteiger partial charge in [-0.3, -0.25) is 0 Å². The molecule has 0 aliphatic carbocycles. The Hall–Kier alpha value is -2.56. The van der Waals surface area contributed by atoms with Crippen molar-refractivity contribution in [1.29, 1.82) is 0 Å². The summed E-state index contributed by atoms with van der Waals surface area (Å²) < 4.78 is 5.64. The second kappa shape index (κ2) is 5.18. The number of rotatable bonds is 3. The average Bonchev–Trinajstić information content (AvgIpc) is 2.41. The van der Waals surface area contributed by atoms with Gasteiger partial charge in [0, 0.05) is 17.8 Å². The summed E-state index contributed by atoms with van der Waals surface area (Å²) in [6.45, 7) is 1.95. The third-order valence-electron chi connectivity index (χ3n) is 2.45. The summed E-state index contributed by atoms with van der Waals surface area (Å²) in [4.78, 5) is 4.08. The van der Waals surface area contributed by atoms with Crippen LogP contribution in [0.25, 0.3) is 0 Å². The highest BCUT2D eigenvalue weighted by molar-refractivity contribution is 5.97. The topological polar surface area (TPSA) is 80.7 Å². The van der Waals surface area contributed by atoms with Crippen LogP contribution in [0.1, 0.15) is 11.1 Å². The Morgan fingerprint density at radius 3 is 2.83 bits per heavy atom. The van der Waals surface area contributed by atoms with E-state index in [4.69, 9.17) is 15.7 Å². The maximum Gasteiger partial charge on any atom is 0.219 e. The SMILES string of the molecule is Cc1ccccc1Oc1cc(/C(N)=N/O)ccn1. The molecule has 1 aromatic carbocycles. The van der Waals surface area contributed by atoms with Gasteiger partial charge in [-0.05, 0) is 24.6 Å². The number of ether oxygens (including phenoxy) is 1. The van der Waals surface area contributed by atoms with Gasteiger partial charge < -0.3 is 15.7 Å². The number of amidine groups is 1. The molecule has 5 heteroatoms. The number of aryl methyl sites for hydroxylation is 1. The lowest BCUT2D eigenvalue weighted by Crippen LogP contribution is -2.13. The molecule has 0 saturated carbocycles. The molecule has 0 bridgehead atoms. The number of hydrogen-bond acceptors (Lipinski definition) is 4. The molecule has 0 saturated heterocycles. The number of benzene rings is 1. The molecule has 0 spiro atoms. The van der Waals surface area contributed by atoms with E-state index in [2.05, 4.69) is 10.1 Å². The van der Waals surface area contributed by atoms with Gasteiger partial charge in [-0.25, -0.2) is 4.98 Å². The Morgan fingerprint density at radius 1 is 1.33 bits per heavy atom. The molecule has 0 radical (unpaired) electrons. The molecule has 0 atom stereocenters. The van der Waals surface area contributed by atoms with E-state index in [1.54, 1.807) is 18.3 Å². The third-order valence-corrected chi connectivity index (χ3v) is 2.45. The van der Waals surface area contributed by atoms with Crippen LogP contribution in [-0.4, -0.2) is 16.0 Å². The highest BCUT2D eigenvalue weighted by Crippen LogP contribution is 2.23. The van der Waals surface area contributed by atoms with Crippen LogP contribution in [0.2, 0.25) is 0 Å². The summed E-state index contributed by atoms with van der Waals surface area (Å²) in [7, 11) is 0. The van der Waals surface area contributed by atoms with Crippen LogP contribution in [0.3, 0.4) is 0 Å². The number of para-hydroxylation sites is 1. The Morgan fingerprint density at radius 2 is 2.11 bits per heavy atom. The number of pyridine rings is 1. The second-order valence-electron chi connectivity index (χ2n) is 3.74. The van der Waals surface area contributed by atoms with Crippen LogP contribution in [-0.2, 0) is 0 Å². The summed E-state index contributed by atoms with van der Waals surface area (Å²) in [6, 6.07) is 10.9. The van der Waals surface area contributed by atoms with Crippen molar-refractivity contribution in [3.63, 3.8) is 0 Å². The molecule has 1 heterocycles. The van der Waals surface area contributed by atoms with Gasteiger partial charge in [-0.15, -0.1) is 0 Å². The monoisotopic (exact) mass is 243 g/mol. The first-order chi connectivity index (χ1) is 8.70. The first-order valence-corrected chi connectivity index (χ1v) is 5.38. The van der Waals surface area contributed by atoms with E-state index in [0.29, 0.717) is 11.4 Å². The zero-order valence-corrected chi connectivity index (χ0v) is 9.87. The van der Waals surface area contributed by atoms with Crippen LogP contribution in [0.5, 0.6) is 11.6 Å². The van der Waals surface area contributed by atoms with Crippen LogP contribution >= 0.6 is 0 Å². The largest absolute Gasteiger partial charge is 0.439 e. The first-order valence-electron chi connectivity index (χ1n) is 5.38. The van der Waals surface area contributed by atoms with Crippen molar-refractivity contribution in [1.82, 2.24) is 4.98 Å². The minimum atomic E-state index is 0.0204. The maximum atomic E-state index is 8.61. The predicted octanol–water partition coefficient (Wildman–Crippen LogP) is 2.28. The van der Waals surface area contributed by atoms with Crippen molar-refractivity contribution in [2.24, 2.45) is 10.9 Å². The molecule has 1 aromatic heterocycles. The average molecular weight is 243 g/mol. The highest BCUT2D eigenvalue weighted by Gasteiger charge is 2.05. The number of oxime groups is 1. The molecule has 18 heavy (non-hydrogen) atoms. The molecule has 0 amide bonds. The molecule has 0 fully saturated rings. The summed E-state index contributed by atoms with van der Waals surface area (Å²) in [5.74, 6) is 1.14. The van der Waals surface area contributed by atoms with Crippen molar-refractivity contribution < 1.29 is 9.94 Å². The lowest BCUT2D eigenvalue weighted by atomic mass is 10.2. The Balaban J connectivity index is 2.28.